The van der Waals surface area contributed by atoms with E-state index in [1.54, 1.807) is 0 Å². The van der Waals surface area contributed by atoms with Crippen molar-refractivity contribution in [1.29, 1.82) is 5.26 Å². The van der Waals surface area contributed by atoms with Crippen LogP contribution in [-0.2, 0) is 6.42 Å². The van der Waals surface area contributed by atoms with Gasteiger partial charge in [-0.05, 0) is 0 Å². The molecule has 90 valence electrons. The summed E-state index contributed by atoms with van der Waals surface area (Å²) in [6, 6.07) is 15.2. The summed E-state index contributed by atoms with van der Waals surface area (Å²) in [5, 5.41) is 11.6. The van der Waals surface area contributed by atoms with Crippen LogP contribution in [0.3, 0.4) is 0 Å². The number of nitriles is 1. The molecule has 0 atom stereocenters. The van der Waals surface area contributed by atoms with E-state index < -0.39 is 21.1 Å². The number of hydrogen-bond acceptors (Lipinski definition) is 1. The fourth-order valence-electron chi connectivity index (χ4n) is 2.13. The van der Waals surface area contributed by atoms with Crippen molar-refractivity contribution in [2.45, 2.75) is 30.6 Å². The van der Waals surface area contributed by atoms with E-state index in [0.29, 0.717) is 9.85 Å². The van der Waals surface area contributed by atoms with Gasteiger partial charge in [-0.25, -0.2) is 0 Å². The predicted octanol–water partition coefficient (Wildman–Crippen LogP) is 3.45. The van der Waals surface area contributed by atoms with Crippen LogP contribution in [-0.4, -0.2) is 21.1 Å². The van der Waals surface area contributed by atoms with Crippen molar-refractivity contribution >= 4 is 35.5 Å². The molecular weight excluding hydrogens is 325 g/mol. The Labute approximate surface area is 119 Å². The maximum absolute atomic E-state index is 9.07. The molecule has 0 unspecified atom stereocenters. The number of benzene rings is 2. The first-order valence-electron chi connectivity index (χ1n) is 6.17. The molecule has 2 aromatic rings. The van der Waals surface area contributed by atoms with Crippen LogP contribution in [0.15, 0.2) is 36.4 Å². The van der Waals surface area contributed by atoms with Crippen LogP contribution in [0.4, 0.5) is 0 Å². The average molecular weight is 342 g/mol. The molecule has 0 aromatic heterocycles. The van der Waals surface area contributed by atoms with Gasteiger partial charge in [0.1, 0.15) is 0 Å². The van der Waals surface area contributed by atoms with Gasteiger partial charge in [-0.15, -0.1) is 0 Å². The second kappa shape index (κ2) is 5.32. The Morgan fingerprint density at radius 2 is 1.83 bits per heavy atom. The molecular formula is C16H17NSn. The fraction of sp³-hybridized carbons (Fsp3) is 0.312. The minimum atomic E-state index is -0.669. The van der Waals surface area contributed by atoms with Gasteiger partial charge in [0.25, 0.3) is 0 Å². The molecule has 1 nitrogen and oxygen atoms in total. The molecule has 0 aliphatic heterocycles. The molecule has 0 bridgehead atoms. The number of hydrogen-bond donors (Lipinski definition) is 0. The first kappa shape index (κ1) is 13.4. The fourth-order valence-corrected chi connectivity index (χ4v) is 5.98. The van der Waals surface area contributed by atoms with Crippen LogP contribution in [0.2, 0.25) is 3.43 Å². The molecule has 0 amide bonds. The van der Waals surface area contributed by atoms with Gasteiger partial charge < -0.3 is 0 Å². The van der Waals surface area contributed by atoms with Crippen LogP contribution in [0.1, 0.15) is 26.3 Å². The molecule has 2 heteroatoms. The second-order valence-electron chi connectivity index (χ2n) is 5.52. The zero-order chi connectivity index (χ0) is 13.2. The Balaban J connectivity index is 2.60. The summed E-state index contributed by atoms with van der Waals surface area (Å²) in [7, 11) is 0. The monoisotopic (exact) mass is 343 g/mol. The van der Waals surface area contributed by atoms with Gasteiger partial charge in [0.2, 0.25) is 0 Å². The topological polar surface area (TPSA) is 23.8 Å². The average Bonchev–Trinajstić information content (AvgIpc) is 2.31. The third kappa shape index (κ3) is 3.05. The Hall–Kier alpha value is -1.01. The number of fused-ring (bicyclic) bond motifs is 1. The van der Waals surface area contributed by atoms with E-state index >= 15 is 0 Å². The molecule has 18 heavy (non-hydrogen) atoms. The molecule has 0 aliphatic carbocycles. The third-order valence-corrected chi connectivity index (χ3v) is 7.05. The van der Waals surface area contributed by atoms with Crippen molar-refractivity contribution in [2.24, 2.45) is 0 Å². The second-order valence-corrected chi connectivity index (χ2v) is 12.1. The Bertz CT molecular complexity index is 603. The minimum absolute atomic E-state index is 0.413. The molecule has 0 N–H and O–H groups in total. The summed E-state index contributed by atoms with van der Waals surface area (Å²) >= 11 is -0.669. The predicted molar refractivity (Wildman–Crippen MR) is 78.4 cm³/mol. The van der Waals surface area contributed by atoms with Gasteiger partial charge in [0.05, 0.1) is 0 Å². The molecule has 0 spiro atoms. The SMILES string of the molecule is C[C](C)(C)[Sn][c]1ccc2ccccc2c1CC#N. The summed E-state index contributed by atoms with van der Waals surface area (Å²) in [6.07, 6.45) is 0.535. The first-order valence-corrected chi connectivity index (χ1v) is 9.02. The molecule has 0 heterocycles. The zero-order valence-corrected chi connectivity index (χ0v) is 14.0. The Morgan fingerprint density at radius 1 is 1.11 bits per heavy atom. The van der Waals surface area contributed by atoms with Crippen LogP contribution < -0.4 is 3.58 Å². The molecule has 0 saturated carbocycles. The van der Waals surface area contributed by atoms with E-state index in [1.165, 1.54) is 19.9 Å². The van der Waals surface area contributed by atoms with Crippen LogP contribution >= 0.6 is 0 Å². The summed E-state index contributed by atoms with van der Waals surface area (Å²) in [4.78, 5) is 0. The molecule has 2 radical (unpaired) electrons. The van der Waals surface area contributed by atoms with E-state index in [9.17, 15) is 0 Å². The zero-order valence-electron chi connectivity index (χ0n) is 11.1. The molecule has 2 rings (SSSR count). The third-order valence-electron chi connectivity index (χ3n) is 2.81. The van der Waals surface area contributed by atoms with Gasteiger partial charge in [-0.3, -0.25) is 0 Å². The first-order chi connectivity index (χ1) is 8.51. The summed E-state index contributed by atoms with van der Waals surface area (Å²) < 4.78 is 1.89. The maximum atomic E-state index is 9.07. The molecule has 0 saturated heterocycles. The Morgan fingerprint density at radius 3 is 2.50 bits per heavy atom. The summed E-state index contributed by atoms with van der Waals surface area (Å²) in [5.41, 5.74) is 1.28. The molecule has 2 aromatic carbocycles. The normalized spacial score (nSPS) is 11.4. The van der Waals surface area contributed by atoms with Crippen molar-refractivity contribution in [2.75, 3.05) is 0 Å². The standard InChI is InChI=1S/C12H8N.C4H9.Sn/c13-9-8-11-6-3-5-10-4-1-2-7-12(10)11;1-4(2)3;/h1-5,7H,8H2;1-3H3;. The van der Waals surface area contributed by atoms with E-state index in [-0.39, 0.29) is 0 Å². The van der Waals surface area contributed by atoms with Gasteiger partial charge in [-0.2, -0.15) is 0 Å². The van der Waals surface area contributed by atoms with E-state index in [1.807, 2.05) is 0 Å². The van der Waals surface area contributed by atoms with Crippen LogP contribution in [0.5, 0.6) is 0 Å². The van der Waals surface area contributed by atoms with Gasteiger partial charge in [0.15, 0.2) is 0 Å². The van der Waals surface area contributed by atoms with Crippen LogP contribution in [0, 0.1) is 11.3 Å². The van der Waals surface area contributed by atoms with E-state index in [4.69, 9.17) is 5.26 Å². The van der Waals surface area contributed by atoms with Crippen LogP contribution in [0.25, 0.3) is 10.8 Å². The van der Waals surface area contributed by atoms with Gasteiger partial charge in [-0.1, -0.05) is 0 Å². The van der Waals surface area contributed by atoms with E-state index in [2.05, 4.69) is 63.2 Å². The number of nitrogens with zero attached hydrogens (tertiary/aromatic N) is 1. The summed E-state index contributed by atoms with van der Waals surface area (Å²) in [5.74, 6) is 0. The molecule has 0 aliphatic rings. The molecule has 0 fully saturated rings. The summed E-state index contributed by atoms with van der Waals surface area (Å²) in [6.45, 7) is 6.93. The van der Waals surface area contributed by atoms with Crippen molar-refractivity contribution in [3.8, 4) is 6.07 Å². The van der Waals surface area contributed by atoms with Crippen molar-refractivity contribution in [1.82, 2.24) is 0 Å². The van der Waals surface area contributed by atoms with Crippen molar-refractivity contribution in [3.05, 3.63) is 42.0 Å². The van der Waals surface area contributed by atoms with Crippen molar-refractivity contribution in [3.63, 3.8) is 0 Å². The van der Waals surface area contributed by atoms with Gasteiger partial charge >= 0.3 is 119 Å². The number of rotatable bonds is 2. The Kier molecular flexibility index (Phi) is 3.97. The van der Waals surface area contributed by atoms with Gasteiger partial charge in [0, 0.05) is 0 Å². The quantitative estimate of drug-likeness (QED) is 0.767. The van der Waals surface area contributed by atoms with Crippen molar-refractivity contribution < 1.29 is 0 Å². The van der Waals surface area contributed by atoms with E-state index in [0.717, 1.165) is 0 Å².